The lowest BCUT2D eigenvalue weighted by molar-refractivity contribution is -0.385. The van der Waals surface area contributed by atoms with E-state index in [-0.39, 0.29) is 23.7 Å². The van der Waals surface area contributed by atoms with E-state index in [2.05, 4.69) is 11.3 Å². The third kappa shape index (κ3) is 5.25. The molecule has 7 nitrogen and oxygen atoms in total. The molecule has 0 aliphatic rings. The summed E-state index contributed by atoms with van der Waals surface area (Å²) < 4.78 is 31.7. The van der Waals surface area contributed by atoms with E-state index in [1.54, 1.807) is 0 Å². The SMILES string of the molecule is C=C(C)COCCNS(=O)(=O)c1ccc([N+](=O)[O-])cc1C. The number of sulfonamides is 1. The van der Waals surface area contributed by atoms with Crippen LogP contribution in [-0.4, -0.2) is 33.1 Å². The molecule has 0 atom stereocenters. The minimum Gasteiger partial charge on any atom is -0.376 e. The highest BCUT2D eigenvalue weighted by atomic mass is 32.2. The minimum absolute atomic E-state index is 0.0213. The molecular formula is C13H18N2O5S. The fraction of sp³-hybridized carbons (Fsp3) is 0.385. The Morgan fingerprint density at radius 1 is 1.48 bits per heavy atom. The van der Waals surface area contributed by atoms with Crippen LogP contribution in [0.1, 0.15) is 12.5 Å². The van der Waals surface area contributed by atoms with Crippen molar-refractivity contribution >= 4 is 15.7 Å². The second-order valence-electron chi connectivity index (χ2n) is 4.61. The molecule has 0 heterocycles. The van der Waals surface area contributed by atoms with Gasteiger partial charge in [-0.05, 0) is 25.5 Å². The van der Waals surface area contributed by atoms with E-state index >= 15 is 0 Å². The number of ether oxygens (including phenoxy) is 1. The molecule has 0 aromatic heterocycles. The van der Waals surface area contributed by atoms with Gasteiger partial charge >= 0.3 is 0 Å². The molecule has 0 aliphatic carbocycles. The van der Waals surface area contributed by atoms with Crippen LogP contribution in [0.3, 0.4) is 0 Å². The molecule has 8 heteroatoms. The average molecular weight is 314 g/mol. The standard InChI is InChI=1S/C13H18N2O5S/c1-10(2)9-20-7-6-14-21(18,19)13-5-4-12(15(16)17)8-11(13)3/h4-5,8,14H,1,6-7,9H2,2-3H3. The first-order valence-electron chi connectivity index (χ1n) is 6.21. The van der Waals surface area contributed by atoms with E-state index in [4.69, 9.17) is 4.74 Å². The van der Waals surface area contributed by atoms with Crippen molar-refractivity contribution in [2.24, 2.45) is 0 Å². The highest BCUT2D eigenvalue weighted by Gasteiger charge is 2.18. The Morgan fingerprint density at radius 2 is 2.14 bits per heavy atom. The van der Waals surface area contributed by atoms with Gasteiger partial charge in [-0.15, -0.1) is 0 Å². The van der Waals surface area contributed by atoms with Crippen LogP contribution in [0.25, 0.3) is 0 Å². The summed E-state index contributed by atoms with van der Waals surface area (Å²) in [5.41, 5.74) is 1.03. The number of aryl methyl sites for hydroxylation is 1. The summed E-state index contributed by atoms with van der Waals surface area (Å²) in [6, 6.07) is 3.62. The van der Waals surface area contributed by atoms with Crippen LogP contribution in [0.2, 0.25) is 0 Å². The lowest BCUT2D eigenvalue weighted by atomic mass is 10.2. The zero-order valence-electron chi connectivity index (χ0n) is 12.0. The second-order valence-corrected chi connectivity index (χ2v) is 6.35. The van der Waals surface area contributed by atoms with E-state index in [9.17, 15) is 18.5 Å². The average Bonchev–Trinajstić information content (AvgIpc) is 2.37. The number of nitrogens with one attached hydrogen (secondary N) is 1. The quantitative estimate of drug-likeness (QED) is 0.341. The summed E-state index contributed by atoms with van der Waals surface area (Å²) >= 11 is 0. The van der Waals surface area contributed by atoms with Gasteiger partial charge in [-0.1, -0.05) is 12.2 Å². The molecule has 1 rings (SSSR count). The second kappa shape index (κ2) is 7.30. The van der Waals surface area contributed by atoms with Crippen molar-refractivity contribution in [1.82, 2.24) is 4.72 Å². The molecule has 1 aromatic rings. The van der Waals surface area contributed by atoms with E-state index in [0.717, 1.165) is 5.57 Å². The molecule has 0 spiro atoms. The van der Waals surface area contributed by atoms with Gasteiger partial charge in [0.25, 0.3) is 5.69 Å². The molecule has 0 fully saturated rings. The molecular weight excluding hydrogens is 296 g/mol. The van der Waals surface area contributed by atoms with Crippen LogP contribution >= 0.6 is 0 Å². The molecule has 0 bridgehead atoms. The lowest BCUT2D eigenvalue weighted by Crippen LogP contribution is -2.28. The van der Waals surface area contributed by atoms with Crippen molar-refractivity contribution in [2.45, 2.75) is 18.7 Å². The fourth-order valence-corrected chi connectivity index (χ4v) is 2.86. The normalized spacial score (nSPS) is 11.3. The zero-order valence-corrected chi connectivity index (χ0v) is 12.8. The van der Waals surface area contributed by atoms with Crippen LogP contribution in [0.4, 0.5) is 5.69 Å². The van der Waals surface area contributed by atoms with E-state index in [1.807, 2.05) is 6.92 Å². The Balaban J connectivity index is 2.70. The van der Waals surface area contributed by atoms with Gasteiger partial charge in [-0.25, -0.2) is 13.1 Å². The lowest BCUT2D eigenvalue weighted by Gasteiger charge is -2.09. The van der Waals surface area contributed by atoms with Crippen LogP contribution < -0.4 is 4.72 Å². The number of non-ortho nitro benzene ring substituents is 1. The Kier molecular flexibility index (Phi) is 6.01. The predicted molar refractivity (Wildman–Crippen MR) is 78.7 cm³/mol. The number of hydrogen-bond donors (Lipinski definition) is 1. The smallest absolute Gasteiger partial charge is 0.269 e. The minimum atomic E-state index is -3.71. The van der Waals surface area contributed by atoms with E-state index in [1.165, 1.54) is 25.1 Å². The fourth-order valence-electron chi connectivity index (χ4n) is 1.62. The zero-order chi connectivity index (χ0) is 16.0. The van der Waals surface area contributed by atoms with Crippen LogP contribution in [-0.2, 0) is 14.8 Å². The number of nitro benzene ring substituents is 1. The molecule has 0 unspecified atom stereocenters. The van der Waals surface area contributed by atoms with Gasteiger partial charge in [-0.3, -0.25) is 10.1 Å². The molecule has 1 aromatic carbocycles. The molecule has 0 aliphatic heterocycles. The Bertz CT molecular complexity index is 640. The van der Waals surface area contributed by atoms with Crippen molar-refractivity contribution in [3.63, 3.8) is 0 Å². The molecule has 0 saturated carbocycles. The molecule has 1 N–H and O–H groups in total. The monoisotopic (exact) mass is 314 g/mol. The van der Waals surface area contributed by atoms with Crippen molar-refractivity contribution < 1.29 is 18.1 Å². The Labute approximate surface area is 123 Å². The summed E-state index contributed by atoms with van der Waals surface area (Å²) in [4.78, 5) is 10.1. The summed E-state index contributed by atoms with van der Waals surface area (Å²) in [7, 11) is -3.71. The van der Waals surface area contributed by atoms with Gasteiger partial charge in [0, 0.05) is 18.7 Å². The number of hydrogen-bond acceptors (Lipinski definition) is 5. The van der Waals surface area contributed by atoms with Crippen molar-refractivity contribution in [1.29, 1.82) is 0 Å². The first kappa shape index (κ1) is 17.3. The van der Waals surface area contributed by atoms with Gasteiger partial charge in [0.2, 0.25) is 10.0 Å². The first-order chi connectivity index (χ1) is 9.74. The third-order valence-electron chi connectivity index (χ3n) is 2.55. The molecule has 21 heavy (non-hydrogen) atoms. The summed E-state index contributed by atoms with van der Waals surface area (Å²) in [6.45, 7) is 7.70. The number of nitrogens with zero attached hydrogens (tertiary/aromatic N) is 1. The van der Waals surface area contributed by atoms with Crippen molar-refractivity contribution in [3.05, 3.63) is 46.0 Å². The van der Waals surface area contributed by atoms with E-state index < -0.39 is 14.9 Å². The van der Waals surface area contributed by atoms with E-state index in [0.29, 0.717) is 12.2 Å². The first-order valence-corrected chi connectivity index (χ1v) is 7.69. The molecule has 0 amide bonds. The number of benzene rings is 1. The van der Waals surface area contributed by atoms with Crippen LogP contribution in [0, 0.1) is 17.0 Å². The maximum atomic E-state index is 12.1. The third-order valence-corrected chi connectivity index (χ3v) is 4.17. The van der Waals surface area contributed by atoms with Gasteiger partial charge in [0.1, 0.15) is 0 Å². The summed E-state index contributed by atoms with van der Waals surface area (Å²) in [6.07, 6.45) is 0. The van der Waals surface area contributed by atoms with Crippen LogP contribution in [0.5, 0.6) is 0 Å². The van der Waals surface area contributed by atoms with Crippen molar-refractivity contribution in [2.75, 3.05) is 19.8 Å². The maximum absolute atomic E-state index is 12.1. The van der Waals surface area contributed by atoms with Crippen molar-refractivity contribution in [3.8, 4) is 0 Å². The molecule has 116 valence electrons. The Hall–Kier alpha value is -1.77. The van der Waals surface area contributed by atoms with Gasteiger partial charge < -0.3 is 4.74 Å². The largest absolute Gasteiger partial charge is 0.376 e. The highest BCUT2D eigenvalue weighted by Crippen LogP contribution is 2.20. The van der Waals surface area contributed by atoms with Gasteiger partial charge in [0.15, 0.2) is 0 Å². The van der Waals surface area contributed by atoms with Crippen LogP contribution in [0.15, 0.2) is 35.2 Å². The summed E-state index contributed by atoms with van der Waals surface area (Å²) in [5.74, 6) is 0. The number of rotatable bonds is 8. The molecule has 0 saturated heterocycles. The summed E-state index contributed by atoms with van der Waals surface area (Å²) in [5, 5.41) is 10.6. The number of nitro groups is 1. The topological polar surface area (TPSA) is 98.5 Å². The maximum Gasteiger partial charge on any atom is 0.269 e. The highest BCUT2D eigenvalue weighted by molar-refractivity contribution is 7.89. The Morgan fingerprint density at radius 3 is 2.67 bits per heavy atom. The predicted octanol–water partition coefficient (Wildman–Crippen LogP) is 1.77. The van der Waals surface area contributed by atoms with Gasteiger partial charge in [0.05, 0.1) is 23.0 Å². The molecule has 0 radical (unpaired) electrons. The van der Waals surface area contributed by atoms with Gasteiger partial charge in [-0.2, -0.15) is 0 Å².